The van der Waals surface area contributed by atoms with E-state index in [-0.39, 0.29) is 15.1 Å². The molecule has 1 unspecified atom stereocenters. The lowest BCUT2D eigenvalue weighted by Gasteiger charge is -2.11. The molecule has 0 fully saturated rings. The van der Waals surface area contributed by atoms with Crippen molar-refractivity contribution in [1.29, 1.82) is 0 Å². The van der Waals surface area contributed by atoms with Crippen LogP contribution in [0.5, 0.6) is 0 Å². The fourth-order valence-electron chi connectivity index (χ4n) is 1.21. The van der Waals surface area contributed by atoms with Gasteiger partial charge in [0.25, 0.3) is 9.05 Å². The Kier molecular flexibility index (Phi) is 5.23. The highest BCUT2D eigenvalue weighted by Crippen LogP contribution is 2.28. The molecule has 1 atom stereocenters. The number of carbonyl (C=O) groups is 1. The summed E-state index contributed by atoms with van der Waals surface area (Å²) in [6.45, 7) is 1.26. The van der Waals surface area contributed by atoms with Gasteiger partial charge < -0.3 is 5.32 Å². The molecule has 1 rings (SSSR count). The molecule has 0 saturated carbocycles. The number of anilines is 1. The third kappa shape index (κ3) is 4.44. The molecule has 0 saturated heterocycles. The minimum atomic E-state index is -3.90. The van der Waals surface area contributed by atoms with Crippen molar-refractivity contribution in [1.82, 2.24) is 0 Å². The molecular formula is C10H11BrClNO5S2. The van der Waals surface area contributed by atoms with Gasteiger partial charge in [-0.2, -0.15) is 0 Å². The topological polar surface area (TPSA) is 97.4 Å². The van der Waals surface area contributed by atoms with Crippen LogP contribution in [-0.4, -0.2) is 34.2 Å². The van der Waals surface area contributed by atoms with Crippen LogP contribution in [0.3, 0.4) is 0 Å². The normalized spacial score (nSPS) is 13.8. The maximum Gasteiger partial charge on any atom is 0.262 e. The molecule has 112 valence electrons. The van der Waals surface area contributed by atoms with Gasteiger partial charge in [-0.05, 0) is 41.1 Å². The summed E-state index contributed by atoms with van der Waals surface area (Å²) in [5.74, 6) is -0.708. The van der Waals surface area contributed by atoms with Crippen LogP contribution >= 0.6 is 26.6 Å². The molecule has 20 heavy (non-hydrogen) atoms. The SMILES string of the molecule is CC(C(=O)Nc1ccc(S(=O)(=O)Cl)c(Br)c1)S(C)(=O)=O. The van der Waals surface area contributed by atoms with Gasteiger partial charge in [-0.25, -0.2) is 16.8 Å². The van der Waals surface area contributed by atoms with E-state index in [0.717, 1.165) is 6.26 Å². The second-order valence-corrected chi connectivity index (χ2v) is 9.80. The number of benzene rings is 1. The van der Waals surface area contributed by atoms with E-state index in [1.54, 1.807) is 0 Å². The summed E-state index contributed by atoms with van der Waals surface area (Å²) in [5, 5.41) is 1.17. The van der Waals surface area contributed by atoms with Crippen LogP contribution in [0.4, 0.5) is 5.69 Å². The summed E-state index contributed by atoms with van der Waals surface area (Å²) in [5.41, 5.74) is 0.251. The fraction of sp³-hybridized carbons (Fsp3) is 0.300. The highest BCUT2D eigenvalue weighted by atomic mass is 79.9. The van der Waals surface area contributed by atoms with Crippen molar-refractivity contribution in [3.05, 3.63) is 22.7 Å². The first-order valence-corrected chi connectivity index (χ1v) is 10.2. The van der Waals surface area contributed by atoms with Crippen LogP contribution < -0.4 is 5.32 Å². The summed E-state index contributed by atoms with van der Waals surface area (Å²) >= 11 is 3.02. The van der Waals surface area contributed by atoms with Crippen molar-refractivity contribution in [3.63, 3.8) is 0 Å². The Morgan fingerprint density at radius 3 is 2.25 bits per heavy atom. The fourth-order valence-corrected chi connectivity index (χ4v) is 3.89. The van der Waals surface area contributed by atoms with E-state index in [1.165, 1.54) is 25.1 Å². The number of amides is 1. The third-order valence-electron chi connectivity index (χ3n) is 2.47. The largest absolute Gasteiger partial charge is 0.325 e. The number of sulfone groups is 1. The molecule has 0 aromatic heterocycles. The Morgan fingerprint density at radius 1 is 1.30 bits per heavy atom. The minimum Gasteiger partial charge on any atom is -0.325 e. The number of carbonyl (C=O) groups excluding carboxylic acids is 1. The number of halogens is 2. The van der Waals surface area contributed by atoms with Gasteiger partial charge in [-0.1, -0.05) is 0 Å². The summed E-state index contributed by atoms with van der Waals surface area (Å²) in [4.78, 5) is 11.6. The highest BCUT2D eigenvalue weighted by Gasteiger charge is 2.24. The molecule has 0 bridgehead atoms. The molecule has 10 heteroatoms. The minimum absolute atomic E-state index is 0.145. The molecule has 0 aliphatic carbocycles. The lowest BCUT2D eigenvalue weighted by Crippen LogP contribution is -2.31. The van der Waals surface area contributed by atoms with E-state index >= 15 is 0 Å². The maximum atomic E-state index is 11.7. The first-order valence-electron chi connectivity index (χ1n) is 5.17. The van der Waals surface area contributed by atoms with E-state index in [9.17, 15) is 21.6 Å². The Morgan fingerprint density at radius 2 is 1.85 bits per heavy atom. The first-order chi connectivity index (χ1) is 8.93. The quantitative estimate of drug-likeness (QED) is 0.771. The van der Waals surface area contributed by atoms with Crippen LogP contribution in [0.15, 0.2) is 27.6 Å². The van der Waals surface area contributed by atoms with Gasteiger partial charge in [-0.3, -0.25) is 4.79 Å². The van der Waals surface area contributed by atoms with Gasteiger partial charge in [0, 0.05) is 27.1 Å². The zero-order valence-electron chi connectivity index (χ0n) is 10.4. The molecule has 6 nitrogen and oxygen atoms in total. The van der Waals surface area contributed by atoms with E-state index < -0.39 is 30.0 Å². The molecule has 0 aliphatic heterocycles. The summed E-state index contributed by atoms with van der Waals surface area (Å²) < 4.78 is 45.1. The van der Waals surface area contributed by atoms with Crippen LogP contribution in [0, 0.1) is 0 Å². The Hall–Kier alpha value is -0.640. The molecular weight excluding hydrogens is 394 g/mol. The van der Waals surface area contributed by atoms with Crippen molar-refractivity contribution in [3.8, 4) is 0 Å². The average Bonchev–Trinajstić information content (AvgIpc) is 2.24. The van der Waals surface area contributed by atoms with Gasteiger partial charge in [0.15, 0.2) is 9.84 Å². The van der Waals surface area contributed by atoms with E-state index in [0.29, 0.717) is 0 Å². The van der Waals surface area contributed by atoms with Crippen LogP contribution in [0.1, 0.15) is 6.92 Å². The second kappa shape index (κ2) is 6.00. The van der Waals surface area contributed by atoms with Crippen molar-refractivity contribution >= 4 is 57.1 Å². The number of hydrogen-bond donors (Lipinski definition) is 1. The van der Waals surface area contributed by atoms with E-state index in [4.69, 9.17) is 10.7 Å². The smallest absolute Gasteiger partial charge is 0.262 e. The molecule has 1 aromatic rings. The standard InChI is InChI=1S/C10H11BrClNO5S2/c1-6(19(2,15)16)10(14)13-7-3-4-9(8(11)5-7)20(12,17)18/h3-6H,1-2H3,(H,13,14). The average molecular weight is 405 g/mol. The highest BCUT2D eigenvalue weighted by molar-refractivity contribution is 9.10. The van der Waals surface area contributed by atoms with Crippen LogP contribution in [0.25, 0.3) is 0 Å². The maximum absolute atomic E-state index is 11.7. The number of nitrogens with one attached hydrogen (secondary N) is 1. The molecule has 1 amide bonds. The van der Waals surface area contributed by atoms with Crippen LogP contribution in [0.2, 0.25) is 0 Å². The molecule has 1 aromatic carbocycles. The van der Waals surface area contributed by atoms with E-state index in [1.807, 2.05) is 0 Å². The van der Waals surface area contributed by atoms with Gasteiger partial charge in [0.1, 0.15) is 5.25 Å². The van der Waals surface area contributed by atoms with Crippen molar-refractivity contribution in [2.75, 3.05) is 11.6 Å². The second-order valence-electron chi connectivity index (χ2n) is 4.04. The van der Waals surface area contributed by atoms with Crippen molar-refractivity contribution in [2.45, 2.75) is 17.1 Å². The summed E-state index contributed by atoms with van der Waals surface area (Å²) in [7, 11) is -2.20. The molecule has 1 N–H and O–H groups in total. The zero-order chi connectivity index (χ0) is 15.7. The zero-order valence-corrected chi connectivity index (χ0v) is 14.4. The third-order valence-corrected chi connectivity index (χ3v) is 6.27. The van der Waals surface area contributed by atoms with Crippen molar-refractivity contribution in [2.24, 2.45) is 0 Å². The Balaban J connectivity index is 3.02. The van der Waals surface area contributed by atoms with E-state index in [2.05, 4.69) is 21.2 Å². The number of hydrogen-bond acceptors (Lipinski definition) is 5. The first kappa shape index (κ1) is 17.4. The predicted molar refractivity (Wildman–Crippen MR) is 80.1 cm³/mol. The molecule has 0 spiro atoms. The summed E-state index contributed by atoms with van der Waals surface area (Å²) in [6, 6.07) is 3.84. The lowest BCUT2D eigenvalue weighted by atomic mass is 10.3. The van der Waals surface area contributed by atoms with Crippen molar-refractivity contribution < 1.29 is 21.6 Å². The monoisotopic (exact) mass is 403 g/mol. The summed E-state index contributed by atoms with van der Waals surface area (Å²) in [6.07, 6.45) is 0.955. The van der Waals surface area contributed by atoms with Gasteiger partial charge >= 0.3 is 0 Å². The van der Waals surface area contributed by atoms with Gasteiger partial charge in [-0.15, -0.1) is 0 Å². The Labute approximate surface area is 130 Å². The van der Waals surface area contributed by atoms with Crippen LogP contribution in [-0.2, 0) is 23.7 Å². The molecule has 0 aliphatic rings. The lowest BCUT2D eigenvalue weighted by molar-refractivity contribution is -0.115. The Bertz CT molecular complexity index is 745. The van der Waals surface area contributed by atoms with Gasteiger partial charge in [0.2, 0.25) is 5.91 Å². The van der Waals surface area contributed by atoms with Gasteiger partial charge in [0.05, 0.1) is 4.90 Å². The number of rotatable bonds is 4. The predicted octanol–water partition coefficient (Wildman–Crippen LogP) is 1.75. The molecule has 0 heterocycles. The molecule has 0 radical (unpaired) electrons.